The van der Waals surface area contributed by atoms with E-state index in [9.17, 15) is 18.8 Å². The number of hydrogen-bond acceptors (Lipinski definition) is 6. The molecule has 0 unspecified atom stereocenters. The maximum atomic E-state index is 13.4. The van der Waals surface area contributed by atoms with Crippen molar-refractivity contribution in [3.8, 4) is 11.5 Å². The third-order valence-electron chi connectivity index (χ3n) is 5.83. The van der Waals surface area contributed by atoms with Crippen molar-refractivity contribution in [2.24, 2.45) is 0 Å². The summed E-state index contributed by atoms with van der Waals surface area (Å²) < 4.78 is 24.0. The van der Waals surface area contributed by atoms with Gasteiger partial charge in [0.1, 0.15) is 11.5 Å². The second-order valence-electron chi connectivity index (χ2n) is 8.82. The number of rotatable bonds is 9. The van der Waals surface area contributed by atoms with E-state index in [1.165, 1.54) is 42.1 Å². The summed E-state index contributed by atoms with van der Waals surface area (Å²) in [5.41, 5.74) is 1.95. The molecule has 3 N–H and O–H groups in total. The number of carbonyl (C=O) groups is 3. The molecule has 206 valence electrons. The van der Waals surface area contributed by atoms with Gasteiger partial charge >= 0.3 is 0 Å². The molecular weight excluding hydrogens is 545 g/mol. The van der Waals surface area contributed by atoms with Crippen molar-refractivity contribution in [1.82, 2.24) is 5.32 Å². The average molecular weight is 570 g/mol. The van der Waals surface area contributed by atoms with Gasteiger partial charge in [0.2, 0.25) is 12.7 Å². The van der Waals surface area contributed by atoms with Crippen LogP contribution in [-0.4, -0.2) is 30.3 Å². The summed E-state index contributed by atoms with van der Waals surface area (Å²) in [6, 6.07) is 26.2. The molecule has 4 aromatic carbocycles. The number of fused-ring (bicyclic) bond motifs is 1. The molecule has 1 aliphatic heterocycles. The number of amides is 3. The Morgan fingerprint density at radius 2 is 1.56 bits per heavy atom. The molecule has 0 aliphatic carbocycles. The van der Waals surface area contributed by atoms with Gasteiger partial charge in [-0.15, -0.1) is 11.8 Å². The van der Waals surface area contributed by atoms with E-state index in [2.05, 4.69) is 16.0 Å². The van der Waals surface area contributed by atoms with Crippen molar-refractivity contribution >= 4 is 46.9 Å². The Kier molecular flexibility index (Phi) is 8.61. The molecule has 3 amide bonds. The highest BCUT2D eigenvalue weighted by Gasteiger charge is 2.16. The fourth-order valence-corrected chi connectivity index (χ4v) is 4.61. The van der Waals surface area contributed by atoms with Crippen LogP contribution in [0.5, 0.6) is 11.5 Å². The van der Waals surface area contributed by atoms with E-state index >= 15 is 0 Å². The number of carbonyl (C=O) groups excluding carboxylic acids is 3. The molecule has 0 saturated heterocycles. The fraction of sp³-hybridized carbons (Fsp3) is 0.0645. The van der Waals surface area contributed by atoms with Crippen LogP contribution in [0.3, 0.4) is 0 Å². The molecule has 0 saturated carbocycles. The highest BCUT2D eigenvalue weighted by atomic mass is 32.2. The zero-order valence-corrected chi connectivity index (χ0v) is 22.4. The molecule has 10 heteroatoms. The van der Waals surface area contributed by atoms with E-state index in [0.717, 1.165) is 4.90 Å². The van der Waals surface area contributed by atoms with Gasteiger partial charge in [0.15, 0.2) is 11.5 Å². The van der Waals surface area contributed by atoms with E-state index in [1.54, 1.807) is 66.7 Å². The monoisotopic (exact) mass is 569 g/mol. The second-order valence-corrected chi connectivity index (χ2v) is 9.87. The molecule has 0 radical (unpaired) electrons. The Labute approximate surface area is 239 Å². The summed E-state index contributed by atoms with van der Waals surface area (Å²) in [5.74, 6) is -0.322. The summed E-state index contributed by atoms with van der Waals surface area (Å²) in [4.78, 5) is 39.3. The summed E-state index contributed by atoms with van der Waals surface area (Å²) >= 11 is 1.30. The van der Waals surface area contributed by atoms with Crippen LogP contribution >= 0.6 is 11.8 Å². The van der Waals surface area contributed by atoms with E-state index in [4.69, 9.17) is 9.47 Å². The summed E-state index contributed by atoms with van der Waals surface area (Å²) in [7, 11) is 0. The largest absolute Gasteiger partial charge is 0.454 e. The zero-order chi connectivity index (χ0) is 28.6. The highest BCUT2D eigenvalue weighted by Crippen LogP contribution is 2.34. The van der Waals surface area contributed by atoms with Crippen LogP contribution in [0.2, 0.25) is 0 Å². The normalized spacial score (nSPS) is 12.0. The van der Waals surface area contributed by atoms with Crippen molar-refractivity contribution in [3.63, 3.8) is 0 Å². The van der Waals surface area contributed by atoms with Crippen LogP contribution in [0.15, 0.2) is 108 Å². The minimum Gasteiger partial charge on any atom is -0.454 e. The lowest BCUT2D eigenvalue weighted by molar-refractivity contribution is -0.114. The van der Waals surface area contributed by atoms with E-state index in [-0.39, 0.29) is 24.2 Å². The summed E-state index contributed by atoms with van der Waals surface area (Å²) in [6.45, 7) is 0.151. The van der Waals surface area contributed by atoms with Crippen molar-refractivity contribution in [2.75, 3.05) is 23.2 Å². The van der Waals surface area contributed by atoms with E-state index in [1.807, 2.05) is 6.07 Å². The Bertz CT molecular complexity index is 1610. The average Bonchev–Trinajstić information content (AvgIpc) is 3.45. The maximum absolute atomic E-state index is 13.4. The Morgan fingerprint density at radius 1 is 0.805 bits per heavy atom. The smallest absolute Gasteiger partial charge is 0.272 e. The minimum atomic E-state index is -0.568. The fourth-order valence-electron chi connectivity index (χ4n) is 3.85. The van der Waals surface area contributed by atoms with Gasteiger partial charge < -0.3 is 25.4 Å². The summed E-state index contributed by atoms with van der Waals surface area (Å²) in [5, 5.41) is 8.26. The number of anilines is 2. The summed E-state index contributed by atoms with van der Waals surface area (Å²) in [6.07, 6.45) is 1.47. The van der Waals surface area contributed by atoms with Crippen LogP contribution in [0.4, 0.5) is 15.8 Å². The van der Waals surface area contributed by atoms with Crippen LogP contribution in [0, 0.1) is 5.82 Å². The first kappa shape index (κ1) is 27.5. The number of nitrogens with one attached hydrogen (secondary N) is 3. The molecule has 0 atom stereocenters. The Hall–Kier alpha value is -5.09. The lowest BCUT2D eigenvalue weighted by Crippen LogP contribution is -2.30. The van der Waals surface area contributed by atoms with E-state index in [0.29, 0.717) is 34.0 Å². The first-order valence-electron chi connectivity index (χ1n) is 12.5. The van der Waals surface area contributed by atoms with Crippen LogP contribution in [0.1, 0.15) is 15.9 Å². The van der Waals surface area contributed by atoms with Crippen LogP contribution < -0.4 is 25.4 Å². The molecule has 0 aromatic heterocycles. The predicted octanol–water partition coefficient (Wildman–Crippen LogP) is 5.69. The SMILES string of the molecule is O=C(CSc1cccc(NC(=O)/C(=C/c2ccc(F)cc2)NC(=O)c2ccccc2)c1)Nc1ccc2c(c1)OCO2. The minimum absolute atomic E-state index is 0.0216. The van der Waals surface area contributed by atoms with Gasteiger partial charge in [-0.3, -0.25) is 14.4 Å². The number of halogens is 1. The molecule has 4 aromatic rings. The number of benzene rings is 4. The van der Waals surface area contributed by atoms with Crippen LogP contribution in [0.25, 0.3) is 6.08 Å². The molecule has 0 fully saturated rings. The molecule has 0 bridgehead atoms. The number of hydrogen-bond donors (Lipinski definition) is 3. The van der Waals surface area contributed by atoms with Gasteiger partial charge in [0, 0.05) is 27.9 Å². The Morgan fingerprint density at radius 3 is 2.37 bits per heavy atom. The molecule has 1 heterocycles. The van der Waals surface area contributed by atoms with Gasteiger partial charge in [-0.2, -0.15) is 0 Å². The molecule has 5 rings (SSSR count). The lowest BCUT2D eigenvalue weighted by Gasteiger charge is -2.12. The standard InChI is InChI=1S/C31H24FN3O5S/c32-22-11-9-20(10-12-22)15-26(35-30(37)21-5-2-1-3-6-21)31(38)34-23-7-4-8-25(16-23)41-18-29(36)33-24-13-14-27-28(17-24)40-19-39-27/h1-17H,18-19H2,(H,33,36)(H,34,38)(H,35,37)/b26-15-. The third-order valence-corrected chi connectivity index (χ3v) is 6.82. The molecule has 1 aliphatic rings. The third kappa shape index (κ3) is 7.52. The molecule has 8 nitrogen and oxygen atoms in total. The zero-order valence-electron chi connectivity index (χ0n) is 21.6. The van der Waals surface area contributed by atoms with Gasteiger partial charge in [0.25, 0.3) is 11.8 Å². The van der Waals surface area contributed by atoms with Crippen LogP contribution in [-0.2, 0) is 9.59 Å². The highest BCUT2D eigenvalue weighted by molar-refractivity contribution is 8.00. The quantitative estimate of drug-likeness (QED) is 0.177. The van der Waals surface area contributed by atoms with Crippen molar-refractivity contribution < 1.29 is 28.2 Å². The topological polar surface area (TPSA) is 106 Å². The first-order chi connectivity index (χ1) is 19.9. The molecule has 41 heavy (non-hydrogen) atoms. The van der Waals surface area contributed by atoms with Crippen molar-refractivity contribution in [2.45, 2.75) is 4.90 Å². The predicted molar refractivity (Wildman–Crippen MR) is 155 cm³/mol. The van der Waals surface area contributed by atoms with E-state index < -0.39 is 17.6 Å². The van der Waals surface area contributed by atoms with Crippen molar-refractivity contribution in [3.05, 3.63) is 120 Å². The number of ether oxygens (including phenoxy) is 2. The lowest BCUT2D eigenvalue weighted by atomic mass is 10.1. The van der Waals surface area contributed by atoms with Gasteiger partial charge in [-0.05, 0) is 66.2 Å². The van der Waals surface area contributed by atoms with Crippen molar-refractivity contribution in [1.29, 1.82) is 0 Å². The van der Waals surface area contributed by atoms with Gasteiger partial charge in [-0.1, -0.05) is 36.4 Å². The second kappa shape index (κ2) is 12.8. The Balaban J connectivity index is 1.24. The number of thioether (sulfide) groups is 1. The maximum Gasteiger partial charge on any atom is 0.272 e. The first-order valence-corrected chi connectivity index (χ1v) is 13.5. The molecular formula is C31H24FN3O5S. The van der Waals surface area contributed by atoms with Gasteiger partial charge in [0.05, 0.1) is 5.75 Å². The van der Waals surface area contributed by atoms with Gasteiger partial charge in [-0.25, -0.2) is 4.39 Å². The molecule has 0 spiro atoms.